The first-order chi connectivity index (χ1) is 20.9. The molecule has 0 radical (unpaired) electrons. The van der Waals surface area contributed by atoms with Crippen molar-refractivity contribution >= 4 is 33.5 Å². The molecule has 0 saturated carbocycles. The molecule has 0 aliphatic carbocycles. The van der Waals surface area contributed by atoms with Gasteiger partial charge in [-0.3, -0.25) is 9.59 Å². The molecule has 0 amide bonds. The topological polar surface area (TPSA) is 71.1 Å². The van der Waals surface area contributed by atoms with E-state index in [4.69, 9.17) is 18.9 Å². The Hall–Kier alpha value is -3.28. The van der Waals surface area contributed by atoms with Crippen LogP contribution in [0, 0.1) is 6.92 Å². The van der Waals surface area contributed by atoms with E-state index in [1.165, 1.54) is 0 Å². The molecule has 2 atom stereocenters. The third-order valence-corrected chi connectivity index (χ3v) is 7.88. The van der Waals surface area contributed by atoms with Gasteiger partial charge in [0.15, 0.2) is 0 Å². The van der Waals surface area contributed by atoms with Crippen molar-refractivity contribution in [3.05, 3.63) is 48.0 Å². The molecule has 3 aromatic rings. The van der Waals surface area contributed by atoms with Crippen LogP contribution >= 0.6 is 0 Å². The summed E-state index contributed by atoms with van der Waals surface area (Å²) in [6, 6.07) is 14.3. The summed E-state index contributed by atoms with van der Waals surface area (Å²) in [5.41, 5.74) is 1.10. The number of hydrogen-bond acceptors (Lipinski definition) is 6. The van der Waals surface area contributed by atoms with Gasteiger partial charge in [-0.15, -0.1) is 0 Å². The third-order valence-electron chi connectivity index (χ3n) is 7.88. The lowest BCUT2D eigenvalue weighted by Gasteiger charge is -2.22. The standard InChI is InChI=1S/C37H52O6/c1-6-10-12-14-20-34(38)42-28(8-3)25-40-36-30-18-16-17-19-31(30)37(33-24-27(5)22-23-32(33)36)41-26-29(9-4)43-35(39)21-15-13-11-7-2/h16-19,22-24,28-29H,6-15,20-21,25-26H2,1-5H3. The van der Waals surface area contributed by atoms with Crippen LogP contribution in [0.1, 0.15) is 110 Å². The largest absolute Gasteiger partial charge is 0.488 e. The number of esters is 2. The molecule has 43 heavy (non-hydrogen) atoms. The quantitative estimate of drug-likeness (QED) is 0.0739. The van der Waals surface area contributed by atoms with Crippen molar-refractivity contribution in [2.24, 2.45) is 0 Å². The van der Waals surface area contributed by atoms with E-state index in [1.807, 2.05) is 38.1 Å². The second-order valence-electron chi connectivity index (χ2n) is 11.5. The number of benzene rings is 3. The van der Waals surface area contributed by atoms with Crippen molar-refractivity contribution in [1.82, 2.24) is 0 Å². The van der Waals surface area contributed by atoms with E-state index in [1.54, 1.807) is 0 Å². The Morgan fingerprint density at radius 1 is 0.605 bits per heavy atom. The van der Waals surface area contributed by atoms with Gasteiger partial charge in [0.1, 0.15) is 36.9 Å². The fraction of sp³-hybridized carbons (Fsp3) is 0.568. The normalized spacial score (nSPS) is 12.7. The van der Waals surface area contributed by atoms with Gasteiger partial charge in [0, 0.05) is 34.4 Å². The van der Waals surface area contributed by atoms with Crippen LogP contribution in [0.4, 0.5) is 0 Å². The zero-order chi connectivity index (χ0) is 31.0. The molecule has 6 nitrogen and oxygen atoms in total. The van der Waals surface area contributed by atoms with E-state index < -0.39 is 0 Å². The summed E-state index contributed by atoms with van der Waals surface area (Å²) in [6.45, 7) is 10.9. The molecule has 3 aromatic carbocycles. The first kappa shape index (κ1) is 34.2. The SMILES string of the molecule is CCCCCCC(=O)OC(CC)COc1c2ccccc2c(OCC(CC)OC(=O)CCCCCC)c2cc(C)ccc12. The number of fused-ring (bicyclic) bond motifs is 2. The fourth-order valence-electron chi connectivity index (χ4n) is 5.23. The van der Waals surface area contributed by atoms with Crippen LogP contribution in [0.5, 0.6) is 11.5 Å². The minimum absolute atomic E-state index is 0.159. The Bertz CT molecular complexity index is 1300. The molecule has 0 bridgehead atoms. The molecule has 0 aliphatic heterocycles. The van der Waals surface area contributed by atoms with E-state index in [0.29, 0.717) is 25.7 Å². The molecule has 0 fully saturated rings. The predicted octanol–water partition coefficient (Wildman–Crippen LogP) is 9.64. The van der Waals surface area contributed by atoms with Crippen molar-refractivity contribution in [1.29, 1.82) is 0 Å². The number of unbranched alkanes of at least 4 members (excludes halogenated alkanes) is 6. The van der Waals surface area contributed by atoms with Crippen molar-refractivity contribution in [2.75, 3.05) is 13.2 Å². The Morgan fingerprint density at radius 3 is 1.53 bits per heavy atom. The van der Waals surface area contributed by atoms with Crippen LogP contribution in [0.2, 0.25) is 0 Å². The Morgan fingerprint density at radius 2 is 1.07 bits per heavy atom. The number of aryl methyl sites for hydroxylation is 1. The minimum Gasteiger partial charge on any atom is -0.488 e. The van der Waals surface area contributed by atoms with Crippen molar-refractivity contribution in [2.45, 2.75) is 124 Å². The molecular weight excluding hydrogens is 540 g/mol. The highest BCUT2D eigenvalue weighted by atomic mass is 16.6. The first-order valence-corrected chi connectivity index (χ1v) is 16.5. The second kappa shape index (κ2) is 18.4. The molecule has 236 valence electrons. The summed E-state index contributed by atoms with van der Waals surface area (Å²) in [4.78, 5) is 24.9. The van der Waals surface area contributed by atoms with Gasteiger partial charge < -0.3 is 18.9 Å². The maximum atomic E-state index is 12.5. The van der Waals surface area contributed by atoms with Gasteiger partial charge in [-0.25, -0.2) is 0 Å². The summed E-state index contributed by atoms with van der Waals surface area (Å²) in [6.07, 6.45) is 9.94. The number of ether oxygens (including phenoxy) is 4. The summed E-state index contributed by atoms with van der Waals surface area (Å²) in [7, 11) is 0. The van der Waals surface area contributed by atoms with Crippen LogP contribution < -0.4 is 9.47 Å². The van der Waals surface area contributed by atoms with Gasteiger partial charge in [0.2, 0.25) is 0 Å². The zero-order valence-corrected chi connectivity index (χ0v) is 27.0. The molecular formula is C37H52O6. The maximum absolute atomic E-state index is 12.5. The Kier molecular flexibility index (Phi) is 14.6. The van der Waals surface area contributed by atoms with E-state index >= 15 is 0 Å². The fourth-order valence-corrected chi connectivity index (χ4v) is 5.23. The van der Waals surface area contributed by atoms with Crippen molar-refractivity contribution in [3.63, 3.8) is 0 Å². The molecule has 0 aromatic heterocycles. The minimum atomic E-state index is -0.324. The van der Waals surface area contributed by atoms with Crippen LogP contribution in [-0.2, 0) is 19.1 Å². The van der Waals surface area contributed by atoms with Gasteiger partial charge in [-0.1, -0.05) is 108 Å². The Balaban J connectivity index is 1.81. The van der Waals surface area contributed by atoms with Gasteiger partial charge in [-0.2, -0.15) is 0 Å². The molecule has 2 unspecified atom stereocenters. The lowest BCUT2D eigenvalue weighted by molar-refractivity contribution is -0.151. The highest BCUT2D eigenvalue weighted by molar-refractivity contribution is 6.11. The van der Waals surface area contributed by atoms with Crippen LogP contribution in [0.25, 0.3) is 21.5 Å². The maximum Gasteiger partial charge on any atom is 0.306 e. The van der Waals surface area contributed by atoms with Crippen LogP contribution in [-0.4, -0.2) is 37.4 Å². The average Bonchev–Trinajstić information content (AvgIpc) is 3.01. The van der Waals surface area contributed by atoms with Crippen molar-refractivity contribution in [3.8, 4) is 11.5 Å². The molecule has 0 N–H and O–H groups in total. The second-order valence-corrected chi connectivity index (χ2v) is 11.5. The number of carbonyl (C=O) groups is 2. The van der Waals surface area contributed by atoms with Gasteiger partial charge in [0.25, 0.3) is 0 Å². The first-order valence-electron chi connectivity index (χ1n) is 16.5. The third kappa shape index (κ3) is 10.4. The zero-order valence-electron chi connectivity index (χ0n) is 27.0. The molecule has 0 heterocycles. The molecule has 0 aliphatic rings. The summed E-state index contributed by atoms with van der Waals surface area (Å²) in [5, 5.41) is 3.73. The summed E-state index contributed by atoms with van der Waals surface area (Å²) < 4.78 is 24.5. The van der Waals surface area contributed by atoms with E-state index in [-0.39, 0.29) is 37.4 Å². The number of hydrogen-bond donors (Lipinski definition) is 0. The lowest BCUT2D eigenvalue weighted by atomic mass is 9.99. The van der Waals surface area contributed by atoms with Gasteiger partial charge in [0.05, 0.1) is 0 Å². The van der Waals surface area contributed by atoms with Crippen LogP contribution in [0.3, 0.4) is 0 Å². The molecule has 0 spiro atoms. The van der Waals surface area contributed by atoms with E-state index in [9.17, 15) is 9.59 Å². The average molecular weight is 593 g/mol. The molecule has 0 saturated heterocycles. The van der Waals surface area contributed by atoms with Crippen LogP contribution in [0.15, 0.2) is 42.5 Å². The number of rotatable bonds is 20. The van der Waals surface area contributed by atoms with E-state index in [0.717, 1.165) is 90.0 Å². The van der Waals surface area contributed by atoms with Gasteiger partial charge in [-0.05, 0) is 38.7 Å². The van der Waals surface area contributed by atoms with E-state index in [2.05, 4.69) is 39.0 Å². The summed E-state index contributed by atoms with van der Waals surface area (Å²) >= 11 is 0. The number of carbonyl (C=O) groups excluding carboxylic acids is 2. The predicted molar refractivity (Wildman–Crippen MR) is 175 cm³/mol. The molecule has 3 rings (SSSR count). The summed E-state index contributed by atoms with van der Waals surface area (Å²) in [5.74, 6) is 1.19. The van der Waals surface area contributed by atoms with Crippen molar-refractivity contribution < 1.29 is 28.5 Å². The lowest BCUT2D eigenvalue weighted by Crippen LogP contribution is -2.25. The highest BCUT2D eigenvalue weighted by Crippen LogP contribution is 2.43. The Labute approximate surface area is 258 Å². The smallest absolute Gasteiger partial charge is 0.306 e. The molecule has 6 heteroatoms. The highest BCUT2D eigenvalue weighted by Gasteiger charge is 2.21. The van der Waals surface area contributed by atoms with Gasteiger partial charge >= 0.3 is 11.9 Å². The monoisotopic (exact) mass is 592 g/mol.